The number of hydrogen-bond acceptors (Lipinski definition) is 1. The van der Waals surface area contributed by atoms with Crippen molar-refractivity contribution in [2.75, 3.05) is 0 Å². The average Bonchev–Trinajstić information content (AvgIpc) is 2.30. The normalized spacial score (nSPS) is 12.0. The van der Waals surface area contributed by atoms with Gasteiger partial charge in [-0.1, -0.05) is 65.7 Å². The average molecular weight is 277 g/mol. The van der Waals surface area contributed by atoms with Crippen LogP contribution >= 0.6 is 11.1 Å². The van der Waals surface area contributed by atoms with Gasteiger partial charge in [-0.15, -0.1) is 11.1 Å². The van der Waals surface area contributed by atoms with Crippen LogP contribution < -0.4 is 0 Å². The lowest BCUT2D eigenvalue weighted by Gasteiger charge is -2.33. The standard InChI is InChI=1S/C14H29ClOSi/c1-4-7-8-9-10-13-14(11-5-2,12-6-3)16-17-15/h4-13H2,1-3H3. The molecular weight excluding hydrogens is 248 g/mol. The van der Waals surface area contributed by atoms with Crippen LogP contribution in [-0.2, 0) is 4.43 Å². The van der Waals surface area contributed by atoms with Crippen LogP contribution in [0.25, 0.3) is 0 Å². The Labute approximate surface area is 115 Å². The Balaban J connectivity index is 4.05. The van der Waals surface area contributed by atoms with E-state index in [2.05, 4.69) is 20.8 Å². The van der Waals surface area contributed by atoms with Gasteiger partial charge in [0, 0.05) is 0 Å². The molecule has 0 atom stereocenters. The molecule has 0 amide bonds. The minimum Gasteiger partial charge on any atom is -0.397 e. The molecule has 0 heterocycles. The van der Waals surface area contributed by atoms with Crippen LogP contribution in [0.15, 0.2) is 0 Å². The topological polar surface area (TPSA) is 9.23 Å². The van der Waals surface area contributed by atoms with Crippen molar-refractivity contribution in [3.8, 4) is 0 Å². The summed E-state index contributed by atoms with van der Waals surface area (Å²) in [7, 11) is 0.113. The van der Waals surface area contributed by atoms with Gasteiger partial charge in [0.15, 0.2) is 0 Å². The second-order valence-corrected chi connectivity index (χ2v) is 5.85. The van der Waals surface area contributed by atoms with Crippen molar-refractivity contribution in [2.24, 2.45) is 0 Å². The molecule has 0 aromatic heterocycles. The second kappa shape index (κ2) is 11.6. The summed E-state index contributed by atoms with van der Waals surface area (Å²) < 4.78 is 5.91. The Morgan fingerprint density at radius 1 is 0.824 bits per heavy atom. The predicted molar refractivity (Wildman–Crippen MR) is 78.6 cm³/mol. The number of hydrogen-bond donors (Lipinski definition) is 0. The van der Waals surface area contributed by atoms with Crippen molar-refractivity contribution in [3.05, 3.63) is 0 Å². The highest BCUT2D eigenvalue weighted by molar-refractivity contribution is 6.90. The molecule has 0 fully saturated rings. The summed E-state index contributed by atoms with van der Waals surface area (Å²) in [6.45, 7) is 6.74. The maximum Gasteiger partial charge on any atom is 0.357 e. The van der Waals surface area contributed by atoms with Crippen LogP contribution in [-0.4, -0.2) is 14.7 Å². The van der Waals surface area contributed by atoms with E-state index < -0.39 is 0 Å². The van der Waals surface area contributed by atoms with Crippen molar-refractivity contribution < 1.29 is 4.43 Å². The number of unbranched alkanes of at least 4 members (excludes halogenated alkanes) is 4. The Hall–Kier alpha value is 0.467. The lowest BCUT2D eigenvalue weighted by atomic mass is 9.87. The zero-order chi connectivity index (χ0) is 13.0. The predicted octanol–water partition coefficient (Wildman–Crippen LogP) is 5.48. The van der Waals surface area contributed by atoms with Crippen molar-refractivity contribution in [3.63, 3.8) is 0 Å². The molecule has 0 rings (SSSR count). The van der Waals surface area contributed by atoms with Crippen LogP contribution in [0.4, 0.5) is 0 Å². The van der Waals surface area contributed by atoms with Crippen LogP contribution in [0.3, 0.4) is 0 Å². The third-order valence-corrected chi connectivity index (χ3v) is 4.14. The molecule has 0 spiro atoms. The summed E-state index contributed by atoms with van der Waals surface area (Å²) >= 11 is 5.83. The van der Waals surface area contributed by atoms with Crippen LogP contribution in [0.5, 0.6) is 0 Å². The molecule has 1 nitrogen and oxygen atoms in total. The molecule has 0 saturated heterocycles. The van der Waals surface area contributed by atoms with E-state index in [9.17, 15) is 0 Å². The van der Waals surface area contributed by atoms with Crippen molar-refractivity contribution in [1.82, 2.24) is 0 Å². The van der Waals surface area contributed by atoms with E-state index in [1.807, 2.05) is 0 Å². The van der Waals surface area contributed by atoms with Gasteiger partial charge in [-0.25, -0.2) is 0 Å². The third-order valence-electron chi connectivity index (χ3n) is 3.40. The first-order chi connectivity index (χ1) is 8.24. The Morgan fingerprint density at radius 2 is 1.41 bits per heavy atom. The molecular formula is C14H29ClOSi. The maximum atomic E-state index is 5.91. The van der Waals surface area contributed by atoms with Crippen LogP contribution in [0.1, 0.15) is 85.0 Å². The first-order valence-electron chi connectivity index (χ1n) is 7.28. The largest absolute Gasteiger partial charge is 0.397 e. The summed E-state index contributed by atoms with van der Waals surface area (Å²) in [6.07, 6.45) is 12.6. The molecule has 0 bridgehead atoms. The first kappa shape index (κ1) is 17.5. The Morgan fingerprint density at radius 3 is 1.88 bits per heavy atom. The van der Waals surface area contributed by atoms with Gasteiger partial charge in [-0.3, -0.25) is 0 Å². The van der Waals surface area contributed by atoms with E-state index in [1.165, 1.54) is 51.4 Å². The molecule has 0 aliphatic rings. The second-order valence-electron chi connectivity index (χ2n) is 5.03. The minimum absolute atomic E-state index is 0.0793. The molecule has 0 aromatic rings. The van der Waals surface area contributed by atoms with Gasteiger partial charge < -0.3 is 4.43 Å². The zero-order valence-corrected chi connectivity index (χ0v) is 13.6. The number of halogens is 1. The lowest BCUT2D eigenvalue weighted by molar-refractivity contribution is 0.0442. The number of rotatable bonds is 12. The minimum atomic E-state index is 0.0793. The molecule has 3 heteroatoms. The van der Waals surface area contributed by atoms with E-state index in [1.54, 1.807) is 0 Å². The quantitative estimate of drug-likeness (QED) is 0.261. The Bertz CT molecular complexity index is 147. The molecule has 0 aliphatic carbocycles. The van der Waals surface area contributed by atoms with Crippen molar-refractivity contribution >= 4 is 20.2 Å². The van der Waals surface area contributed by atoms with Gasteiger partial charge in [0.05, 0.1) is 5.60 Å². The fourth-order valence-electron chi connectivity index (χ4n) is 2.57. The van der Waals surface area contributed by atoms with Crippen molar-refractivity contribution in [2.45, 2.75) is 90.6 Å². The molecule has 0 saturated carbocycles. The molecule has 17 heavy (non-hydrogen) atoms. The lowest BCUT2D eigenvalue weighted by Crippen LogP contribution is -2.33. The molecule has 0 N–H and O–H groups in total. The molecule has 0 aliphatic heterocycles. The van der Waals surface area contributed by atoms with Gasteiger partial charge >= 0.3 is 9.07 Å². The third kappa shape index (κ3) is 8.23. The van der Waals surface area contributed by atoms with E-state index in [-0.39, 0.29) is 14.7 Å². The summed E-state index contributed by atoms with van der Waals surface area (Å²) in [5.41, 5.74) is 0.0793. The monoisotopic (exact) mass is 276 g/mol. The fourth-order valence-corrected chi connectivity index (χ4v) is 3.53. The van der Waals surface area contributed by atoms with E-state index in [4.69, 9.17) is 15.5 Å². The summed E-state index contributed by atoms with van der Waals surface area (Å²) in [5.74, 6) is 0. The molecule has 0 aromatic carbocycles. The highest BCUT2D eigenvalue weighted by atomic mass is 35.6. The molecule has 0 unspecified atom stereocenters. The van der Waals surface area contributed by atoms with Gasteiger partial charge in [0.25, 0.3) is 0 Å². The van der Waals surface area contributed by atoms with E-state index >= 15 is 0 Å². The van der Waals surface area contributed by atoms with Crippen LogP contribution in [0.2, 0.25) is 0 Å². The first-order valence-corrected chi connectivity index (χ1v) is 9.20. The summed E-state index contributed by atoms with van der Waals surface area (Å²) in [6, 6.07) is 0. The summed E-state index contributed by atoms with van der Waals surface area (Å²) in [4.78, 5) is 0. The maximum absolute atomic E-state index is 5.91. The van der Waals surface area contributed by atoms with E-state index in [0.29, 0.717) is 0 Å². The van der Waals surface area contributed by atoms with E-state index in [0.717, 1.165) is 12.8 Å². The van der Waals surface area contributed by atoms with Crippen molar-refractivity contribution in [1.29, 1.82) is 0 Å². The molecule has 2 radical (unpaired) electrons. The van der Waals surface area contributed by atoms with Gasteiger partial charge in [-0.2, -0.15) is 0 Å². The molecule has 102 valence electrons. The van der Waals surface area contributed by atoms with Gasteiger partial charge in [0.1, 0.15) is 0 Å². The fraction of sp³-hybridized carbons (Fsp3) is 1.00. The zero-order valence-electron chi connectivity index (χ0n) is 11.9. The van der Waals surface area contributed by atoms with Crippen LogP contribution in [0, 0.1) is 0 Å². The summed E-state index contributed by atoms with van der Waals surface area (Å²) in [5, 5.41) is 0. The highest BCUT2D eigenvalue weighted by Crippen LogP contribution is 2.30. The SMILES string of the molecule is CCCCCCCC(CCC)(CCC)O[Si]Cl. The highest BCUT2D eigenvalue weighted by Gasteiger charge is 2.28. The Kier molecular flexibility index (Phi) is 11.9. The van der Waals surface area contributed by atoms with Gasteiger partial charge in [-0.05, 0) is 19.3 Å². The van der Waals surface area contributed by atoms with Gasteiger partial charge in [0.2, 0.25) is 0 Å². The smallest absolute Gasteiger partial charge is 0.357 e.